The highest BCUT2D eigenvalue weighted by molar-refractivity contribution is 5.81. The third-order valence-electron chi connectivity index (χ3n) is 4.45. The Kier molecular flexibility index (Phi) is 9.24. The molecule has 27 heavy (non-hydrogen) atoms. The van der Waals surface area contributed by atoms with Crippen LogP contribution in [0, 0.1) is 0 Å². The van der Waals surface area contributed by atoms with Gasteiger partial charge in [0.1, 0.15) is 12.4 Å². The zero-order chi connectivity index (χ0) is 19.3. The zero-order valence-electron chi connectivity index (χ0n) is 16.3. The number of hydrogen-bond acceptors (Lipinski definition) is 3. The molecular formula is C21H32N4O2. The maximum atomic E-state index is 12.0. The maximum Gasteiger partial charge on any atom is 0.221 e. The van der Waals surface area contributed by atoms with Crippen molar-refractivity contribution in [3.63, 3.8) is 0 Å². The number of hydrogen-bond donors (Lipinski definition) is 3. The van der Waals surface area contributed by atoms with E-state index in [9.17, 15) is 4.79 Å². The fourth-order valence-electron chi connectivity index (χ4n) is 3.09. The van der Waals surface area contributed by atoms with Crippen LogP contribution in [0.15, 0.2) is 41.9 Å². The van der Waals surface area contributed by atoms with Gasteiger partial charge in [0.05, 0.1) is 6.54 Å². The van der Waals surface area contributed by atoms with Crippen molar-refractivity contribution in [2.45, 2.75) is 51.6 Å². The van der Waals surface area contributed by atoms with Crippen LogP contribution in [-0.2, 0) is 11.3 Å². The lowest BCUT2D eigenvalue weighted by Crippen LogP contribution is -2.40. The van der Waals surface area contributed by atoms with Crippen LogP contribution in [0.25, 0.3) is 0 Å². The predicted molar refractivity (Wildman–Crippen MR) is 110 cm³/mol. The van der Waals surface area contributed by atoms with Crippen LogP contribution in [0.1, 0.15) is 44.6 Å². The van der Waals surface area contributed by atoms with Gasteiger partial charge in [0.15, 0.2) is 5.96 Å². The number of carbonyl (C=O) groups excluding carboxylic acids is 1. The molecule has 1 saturated carbocycles. The molecule has 1 fully saturated rings. The Balaban J connectivity index is 1.83. The van der Waals surface area contributed by atoms with E-state index < -0.39 is 0 Å². The number of carbonyl (C=O) groups is 1. The van der Waals surface area contributed by atoms with E-state index in [0.717, 1.165) is 30.7 Å². The van der Waals surface area contributed by atoms with Crippen LogP contribution in [0.5, 0.6) is 5.75 Å². The lowest BCUT2D eigenvalue weighted by Gasteiger charge is -2.14. The summed E-state index contributed by atoms with van der Waals surface area (Å²) in [5.74, 6) is 1.62. The summed E-state index contributed by atoms with van der Waals surface area (Å²) in [5, 5.41) is 9.55. The van der Waals surface area contributed by atoms with Gasteiger partial charge in [-0.3, -0.25) is 4.79 Å². The molecule has 148 valence electrons. The molecule has 0 spiro atoms. The smallest absolute Gasteiger partial charge is 0.221 e. The summed E-state index contributed by atoms with van der Waals surface area (Å²) in [5.41, 5.74) is 1.01. The van der Waals surface area contributed by atoms with Gasteiger partial charge in [0, 0.05) is 31.1 Å². The highest BCUT2D eigenvalue weighted by Gasteiger charge is 2.16. The summed E-state index contributed by atoms with van der Waals surface area (Å²) >= 11 is 0. The van der Waals surface area contributed by atoms with Crippen LogP contribution < -0.4 is 20.7 Å². The van der Waals surface area contributed by atoms with Crippen molar-refractivity contribution in [3.05, 3.63) is 42.5 Å². The van der Waals surface area contributed by atoms with Crippen molar-refractivity contribution >= 4 is 11.9 Å². The number of amides is 1. The first-order chi connectivity index (χ1) is 13.2. The minimum Gasteiger partial charge on any atom is -0.489 e. The largest absolute Gasteiger partial charge is 0.489 e. The van der Waals surface area contributed by atoms with E-state index in [1.54, 1.807) is 6.08 Å². The second-order valence-electron chi connectivity index (χ2n) is 6.63. The van der Waals surface area contributed by atoms with Crippen LogP contribution in [-0.4, -0.2) is 37.6 Å². The summed E-state index contributed by atoms with van der Waals surface area (Å²) in [6.45, 7) is 7.98. The predicted octanol–water partition coefficient (Wildman–Crippen LogP) is 2.76. The Hall–Kier alpha value is -2.50. The van der Waals surface area contributed by atoms with E-state index in [1.807, 2.05) is 31.2 Å². The van der Waals surface area contributed by atoms with Crippen molar-refractivity contribution in [2.75, 3.05) is 19.7 Å². The molecule has 0 heterocycles. The van der Waals surface area contributed by atoms with Gasteiger partial charge in [0.2, 0.25) is 5.91 Å². The fourth-order valence-corrected chi connectivity index (χ4v) is 3.09. The molecule has 1 aliphatic rings. The van der Waals surface area contributed by atoms with Crippen molar-refractivity contribution in [3.8, 4) is 5.75 Å². The average molecular weight is 373 g/mol. The second-order valence-corrected chi connectivity index (χ2v) is 6.63. The topological polar surface area (TPSA) is 74.8 Å². The van der Waals surface area contributed by atoms with Crippen molar-refractivity contribution in [1.82, 2.24) is 16.0 Å². The van der Waals surface area contributed by atoms with Crippen LogP contribution in [0.3, 0.4) is 0 Å². The molecule has 0 atom stereocenters. The van der Waals surface area contributed by atoms with E-state index >= 15 is 0 Å². The van der Waals surface area contributed by atoms with Gasteiger partial charge in [0.25, 0.3) is 0 Å². The number of guanidine groups is 1. The lowest BCUT2D eigenvalue weighted by atomic mass is 10.2. The summed E-state index contributed by atoms with van der Waals surface area (Å²) in [6.07, 6.45) is 6.83. The molecule has 6 heteroatoms. The van der Waals surface area contributed by atoms with Gasteiger partial charge in [-0.05, 0) is 25.8 Å². The molecule has 6 nitrogen and oxygen atoms in total. The molecule has 3 N–H and O–H groups in total. The van der Waals surface area contributed by atoms with E-state index in [0.29, 0.717) is 38.1 Å². The highest BCUT2D eigenvalue weighted by Crippen LogP contribution is 2.19. The Bertz CT molecular complexity index is 624. The van der Waals surface area contributed by atoms with E-state index in [-0.39, 0.29) is 5.91 Å². The number of nitrogens with zero attached hydrogens (tertiary/aromatic N) is 1. The first-order valence-corrected chi connectivity index (χ1v) is 9.86. The van der Waals surface area contributed by atoms with Gasteiger partial charge in [-0.1, -0.05) is 43.7 Å². The summed E-state index contributed by atoms with van der Waals surface area (Å²) in [7, 11) is 0. The van der Waals surface area contributed by atoms with Crippen molar-refractivity contribution in [1.29, 1.82) is 0 Å². The van der Waals surface area contributed by atoms with Gasteiger partial charge in [-0.2, -0.15) is 0 Å². The fraction of sp³-hybridized carbons (Fsp3) is 0.524. The normalized spacial score (nSPS) is 14.6. The third kappa shape index (κ3) is 7.72. The Morgan fingerprint density at radius 3 is 2.81 bits per heavy atom. The number of benzene rings is 1. The van der Waals surface area contributed by atoms with Gasteiger partial charge in [-0.15, -0.1) is 0 Å². The summed E-state index contributed by atoms with van der Waals surface area (Å²) < 4.78 is 5.67. The number of para-hydroxylation sites is 1. The Morgan fingerprint density at radius 2 is 2.07 bits per heavy atom. The van der Waals surface area contributed by atoms with E-state index in [2.05, 4.69) is 27.5 Å². The van der Waals surface area contributed by atoms with Crippen LogP contribution >= 0.6 is 0 Å². The quantitative estimate of drug-likeness (QED) is 0.335. The highest BCUT2D eigenvalue weighted by atomic mass is 16.5. The number of nitrogens with one attached hydrogen (secondary N) is 3. The SMILES string of the molecule is C=CCOc1ccccc1CN=C(NCC)NCCC(=O)NC1CCCC1. The second kappa shape index (κ2) is 12.0. The zero-order valence-corrected chi connectivity index (χ0v) is 16.3. The Morgan fingerprint density at radius 1 is 1.30 bits per heavy atom. The minimum absolute atomic E-state index is 0.105. The number of aliphatic imine (C=N–C) groups is 1. The molecule has 0 saturated heterocycles. The van der Waals surface area contributed by atoms with Crippen LogP contribution in [0.2, 0.25) is 0 Å². The molecule has 0 radical (unpaired) electrons. The molecule has 0 aromatic heterocycles. The number of rotatable bonds is 10. The van der Waals surface area contributed by atoms with E-state index in [1.165, 1.54) is 12.8 Å². The molecular weight excluding hydrogens is 340 g/mol. The van der Waals surface area contributed by atoms with Gasteiger partial charge >= 0.3 is 0 Å². The molecule has 0 aliphatic heterocycles. The van der Waals surface area contributed by atoms with Crippen LogP contribution in [0.4, 0.5) is 0 Å². The van der Waals surface area contributed by atoms with Crippen molar-refractivity contribution < 1.29 is 9.53 Å². The van der Waals surface area contributed by atoms with Gasteiger partial charge in [-0.25, -0.2) is 4.99 Å². The molecule has 0 unspecified atom stereocenters. The van der Waals surface area contributed by atoms with E-state index in [4.69, 9.17) is 4.74 Å². The molecule has 1 aromatic carbocycles. The monoisotopic (exact) mass is 372 g/mol. The van der Waals surface area contributed by atoms with Gasteiger partial charge < -0.3 is 20.7 Å². The van der Waals surface area contributed by atoms with Crippen molar-refractivity contribution in [2.24, 2.45) is 4.99 Å². The maximum absolute atomic E-state index is 12.0. The minimum atomic E-state index is 0.105. The number of ether oxygens (including phenoxy) is 1. The Labute approximate surface area is 162 Å². The molecule has 1 aliphatic carbocycles. The lowest BCUT2D eigenvalue weighted by molar-refractivity contribution is -0.121. The average Bonchev–Trinajstić information content (AvgIpc) is 3.18. The summed E-state index contributed by atoms with van der Waals surface area (Å²) in [4.78, 5) is 16.6. The molecule has 1 amide bonds. The standard InChI is InChI=1S/C21H32N4O2/c1-3-15-27-19-12-8-5-9-17(19)16-24-21(22-4-2)23-14-13-20(26)25-18-10-6-7-11-18/h3,5,8-9,12,18H,1,4,6-7,10-11,13-16H2,2H3,(H,25,26)(H2,22,23,24). The third-order valence-corrected chi connectivity index (χ3v) is 4.45. The first-order valence-electron chi connectivity index (χ1n) is 9.86. The molecule has 0 bridgehead atoms. The molecule has 2 rings (SSSR count). The first kappa shape index (κ1) is 20.8. The summed E-state index contributed by atoms with van der Waals surface area (Å²) in [6, 6.07) is 8.21. The molecule has 1 aromatic rings.